The van der Waals surface area contributed by atoms with Crippen LogP contribution < -0.4 is 34.9 Å². The number of hydrogen-bond acceptors (Lipinski definition) is 3. The number of benzene rings is 1. The zero-order valence-corrected chi connectivity index (χ0v) is 10.4. The molecule has 1 atom stereocenters. The third-order valence-electron chi connectivity index (χ3n) is 1.89. The van der Waals surface area contributed by atoms with Crippen LogP contribution >= 0.6 is 0 Å². The standard InChI is InChI=1S/C8H7NO3S.Na/c10-8-4-5-3-6(13(11)12)1-2-7(5)9-8;/h1-3H,4H2,(H,9,10)(H,11,12);/q;+1/p-1. The van der Waals surface area contributed by atoms with Crippen molar-refractivity contribution in [2.75, 3.05) is 5.32 Å². The minimum Gasteiger partial charge on any atom is -0.768 e. The van der Waals surface area contributed by atoms with E-state index in [1.165, 1.54) is 12.1 Å². The molecule has 0 saturated carbocycles. The molecule has 4 nitrogen and oxygen atoms in total. The molecular formula is C8H6NNaO3S. The molecule has 1 N–H and O–H groups in total. The van der Waals surface area contributed by atoms with Crippen molar-refractivity contribution in [1.29, 1.82) is 0 Å². The second kappa shape index (κ2) is 4.55. The second-order valence-corrected chi connectivity index (χ2v) is 3.72. The first-order valence-corrected chi connectivity index (χ1v) is 4.76. The first-order chi connectivity index (χ1) is 6.16. The van der Waals surface area contributed by atoms with E-state index in [1.807, 2.05) is 0 Å². The zero-order valence-electron chi connectivity index (χ0n) is 7.57. The summed E-state index contributed by atoms with van der Waals surface area (Å²) in [6, 6.07) is 4.58. The molecule has 1 aliphatic rings. The second-order valence-electron chi connectivity index (χ2n) is 2.78. The van der Waals surface area contributed by atoms with Crippen molar-refractivity contribution in [2.24, 2.45) is 0 Å². The number of amides is 1. The Morgan fingerprint density at radius 3 is 2.79 bits per heavy atom. The molecule has 6 heteroatoms. The van der Waals surface area contributed by atoms with Gasteiger partial charge in [-0.25, -0.2) is 0 Å². The van der Waals surface area contributed by atoms with Crippen LogP contribution in [0.1, 0.15) is 5.56 Å². The normalized spacial score (nSPS) is 15.4. The number of nitrogens with one attached hydrogen (secondary N) is 1. The average Bonchev–Trinajstić information content (AvgIpc) is 2.42. The van der Waals surface area contributed by atoms with Crippen molar-refractivity contribution in [3.63, 3.8) is 0 Å². The van der Waals surface area contributed by atoms with E-state index in [1.54, 1.807) is 6.07 Å². The van der Waals surface area contributed by atoms with Crippen molar-refractivity contribution in [2.45, 2.75) is 11.3 Å². The molecule has 0 fully saturated rings. The Hall–Kier alpha value is -0.200. The van der Waals surface area contributed by atoms with Crippen molar-refractivity contribution >= 4 is 22.7 Å². The third kappa shape index (κ3) is 2.24. The van der Waals surface area contributed by atoms with E-state index < -0.39 is 11.1 Å². The number of anilines is 1. The summed E-state index contributed by atoms with van der Waals surface area (Å²) in [5.74, 6) is -0.0937. The molecule has 68 valence electrons. The van der Waals surface area contributed by atoms with Crippen LogP contribution in [0.4, 0.5) is 5.69 Å². The van der Waals surface area contributed by atoms with E-state index in [-0.39, 0.29) is 46.8 Å². The summed E-state index contributed by atoms with van der Waals surface area (Å²) in [7, 11) is 0. The van der Waals surface area contributed by atoms with Gasteiger partial charge in [-0.1, -0.05) is 0 Å². The predicted octanol–water partition coefficient (Wildman–Crippen LogP) is -2.58. The average molecular weight is 219 g/mol. The maximum atomic E-state index is 10.9. The van der Waals surface area contributed by atoms with Crippen LogP contribution in [0.15, 0.2) is 23.1 Å². The molecule has 0 saturated heterocycles. The van der Waals surface area contributed by atoms with Crippen LogP contribution in [0.2, 0.25) is 0 Å². The Balaban J connectivity index is 0.000000980. The largest absolute Gasteiger partial charge is 1.00 e. The van der Waals surface area contributed by atoms with Gasteiger partial charge in [0.2, 0.25) is 5.91 Å². The van der Waals surface area contributed by atoms with Crippen molar-refractivity contribution in [3.05, 3.63) is 23.8 Å². The van der Waals surface area contributed by atoms with Crippen LogP contribution in [0, 0.1) is 0 Å². The summed E-state index contributed by atoms with van der Waals surface area (Å²) in [5.41, 5.74) is 1.45. The third-order valence-corrected chi connectivity index (χ3v) is 2.53. The summed E-state index contributed by atoms with van der Waals surface area (Å²) in [4.78, 5) is 11.1. The molecule has 1 aromatic carbocycles. The van der Waals surface area contributed by atoms with Crippen LogP contribution in [0.3, 0.4) is 0 Å². The summed E-state index contributed by atoms with van der Waals surface area (Å²) in [6.45, 7) is 0. The zero-order chi connectivity index (χ0) is 9.42. The summed E-state index contributed by atoms with van der Waals surface area (Å²) >= 11 is -2.22. The van der Waals surface area contributed by atoms with Crippen LogP contribution in [0.5, 0.6) is 0 Å². The van der Waals surface area contributed by atoms with Crippen molar-refractivity contribution in [1.82, 2.24) is 0 Å². The minimum atomic E-state index is -2.22. The summed E-state index contributed by atoms with van der Waals surface area (Å²) in [6.07, 6.45) is 0.264. The van der Waals surface area contributed by atoms with E-state index in [0.717, 1.165) is 5.56 Å². The van der Waals surface area contributed by atoms with Gasteiger partial charge in [-0.2, -0.15) is 0 Å². The molecule has 1 aliphatic heterocycles. The molecule has 1 unspecified atom stereocenters. The number of carbonyl (C=O) groups is 1. The smallest absolute Gasteiger partial charge is 0.768 e. The fraction of sp³-hybridized carbons (Fsp3) is 0.125. The van der Waals surface area contributed by atoms with Gasteiger partial charge in [0.05, 0.1) is 6.42 Å². The van der Waals surface area contributed by atoms with Gasteiger partial charge in [-0.15, -0.1) is 0 Å². The summed E-state index contributed by atoms with van der Waals surface area (Å²) in [5, 5.41) is 2.62. The molecule has 0 aliphatic carbocycles. The Labute approximate surface area is 106 Å². The SMILES string of the molecule is O=C1Cc2cc(S(=O)[O-])ccc2N1.[Na+]. The fourth-order valence-corrected chi connectivity index (χ4v) is 1.73. The van der Waals surface area contributed by atoms with Crippen LogP contribution in [-0.2, 0) is 22.3 Å². The maximum Gasteiger partial charge on any atom is 1.00 e. The molecule has 2 rings (SSSR count). The van der Waals surface area contributed by atoms with E-state index in [0.29, 0.717) is 5.69 Å². The molecular weight excluding hydrogens is 213 g/mol. The molecule has 1 aromatic rings. The molecule has 0 spiro atoms. The quantitative estimate of drug-likeness (QED) is 0.417. The van der Waals surface area contributed by atoms with Gasteiger partial charge < -0.3 is 9.87 Å². The number of rotatable bonds is 1. The van der Waals surface area contributed by atoms with Gasteiger partial charge in [0.15, 0.2) is 0 Å². The van der Waals surface area contributed by atoms with Gasteiger partial charge in [0.25, 0.3) is 0 Å². The molecule has 0 bridgehead atoms. The van der Waals surface area contributed by atoms with E-state index in [2.05, 4.69) is 5.32 Å². The van der Waals surface area contributed by atoms with E-state index >= 15 is 0 Å². The van der Waals surface area contributed by atoms with Gasteiger partial charge >= 0.3 is 29.6 Å². The number of hydrogen-bond donors (Lipinski definition) is 1. The molecule has 1 amide bonds. The first kappa shape index (κ1) is 11.9. The predicted molar refractivity (Wildman–Crippen MR) is 46.0 cm³/mol. The topological polar surface area (TPSA) is 69.2 Å². The molecule has 14 heavy (non-hydrogen) atoms. The fourth-order valence-electron chi connectivity index (χ4n) is 1.31. The van der Waals surface area contributed by atoms with Gasteiger partial charge in [0, 0.05) is 10.6 Å². The summed E-state index contributed by atoms with van der Waals surface area (Å²) < 4.78 is 21.2. The Kier molecular flexibility index (Phi) is 3.86. The number of carbonyl (C=O) groups excluding carboxylic acids is 1. The monoisotopic (exact) mass is 219 g/mol. The molecule has 0 aromatic heterocycles. The van der Waals surface area contributed by atoms with Gasteiger partial charge in [-0.3, -0.25) is 9.00 Å². The van der Waals surface area contributed by atoms with Gasteiger partial charge in [0.1, 0.15) is 0 Å². The Morgan fingerprint density at radius 1 is 1.43 bits per heavy atom. The Morgan fingerprint density at radius 2 is 2.14 bits per heavy atom. The molecule has 1 heterocycles. The van der Waals surface area contributed by atoms with Crippen LogP contribution in [0.25, 0.3) is 0 Å². The van der Waals surface area contributed by atoms with Crippen LogP contribution in [-0.4, -0.2) is 14.7 Å². The van der Waals surface area contributed by atoms with E-state index in [4.69, 9.17) is 0 Å². The maximum absolute atomic E-state index is 10.9. The number of fused-ring (bicyclic) bond motifs is 1. The molecule has 0 radical (unpaired) electrons. The van der Waals surface area contributed by atoms with E-state index in [9.17, 15) is 13.6 Å². The minimum absolute atomic E-state index is 0. The Bertz CT molecular complexity index is 408. The first-order valence-electron chi connectivity index (χ1n) is 3.69. The van der Waals surface area contributed by atoms with Gasteiger partial charge in [-0.05, 0) is 34.8 Å². The van der Waals surface area contributed by atoms with Crippen molar-refractivity contribution in [3.8, 4) is 0 Å². The van der Waals surface area contributed by atoms with Crippen molar-refractivity contribution < 1.29 is 43.1 Å².